The summed E-state index contributed by atoms with van der Waals surface area (Å²) in [4.78, 5) is 11.6. The largest absolute Gasteiger partial charge is 0.454 e. The van der Waals surface area contributed by atoms with Crippen LogP contribution in [0.3, 0.4) is 0 Å². The van der Waals surface area contributed by atoms with E-state index in [1.807, 2.05) is 13.8 Å². The average Bonchev–Trinajstić information content (AvgIpc) is 2.71. The molecule has 0 aromatic heterocycles. The molecule has 0 amide bonds. The summed E-state index contributed by atoms with van der Waals surface area (Å²) in [5, 5.41) is 10.8. The van der Waals surface area contributed by atoms with Gasteiger partial charge in [0.05, 0.1) is 5.60 Å². The normalized spacial score (nSPS) is 39.2. The third kappa shape index (κ3) is 1.37. The molecule has 3 heteroatoms. The molecule has 0 radical (unpaired) electrons. The molecule has 1 fully saturated rings. The van der Waals surface area contributed by atoms with E-state index in [1.165, 1.54) is 5.57 Å². The van der Waals surface area contributed by atoms with Gasteiger partial charge in [0.15, 0.2) is 0 Å². The fraction of sp³-hybridized carbons (Fsp3) is 0.533. The molecular weight excluding hydrogens is 228 g/mol. The van der Waals surface area contributed by atoms with E-state index in [2.05, 4.69) is 12.7 Å². The van der Waals surface area contributed by atoms with Crippen molar-refractivity contribution in [2.75, 3.05) is 0 Å². The van der Waals surface area contributed by atoms with Gasteiger partial charge in [-0.2, -0.15) is 0 Å². The third-order valence-electron chi connectivity index (χ3n) is 4.76. The molecule has 96 valence electrons. The summed E-state index contributed by atoms with van der Waals surface area (Å²) in [5.74, 6) is -0.165. The summed E-state index contributed by atoms with van der Waals surface area (Å²) in [6.45, 7) is 7.90. The fourth-order valence-corrected chi connectivity index (χ4v) is 3.43. The van der Waals surface area contributed by atoms with Crippen LogP contribution in [0.4, 0.5) is 0 Å². The van der Waals surface area contributed by atoms with Crippen LogP contribution in [-0.4, -0.2) is 22.8 Å². The van der Waals surface area contributed by atoms with E-state index >= 15 is 0 Å². The molecule has 3 unspecified atom stereocenters. The molecule has 18 heavy (non-hydrogen) atoms. The second-order valence-corrected chi connectivity index (χ2v) is 5.69. The molecular formula is C15H18O3. The van der Waals surface area contributed by atoms with Gasteiger partial charge in [0.1, 0.15) is 6.10 Å². The first kappa shape index (κ1) is 11.7. The quantitative estimate of drug-likeness (QED) is 0.527. The molecule has 1 saturated carbocycles. The zero-order valence-corrected chi connectivity index (χ0v) is 10.8. The zero-order chi connectivity index (χ0) is 13.1. The maximum atomic E-state index is 11.6. The molecule has 0 bridgehead atoms. The second kappa shape index (κ2) is 3.58. The van der Waals surface area contributed by atoms with Crippen molar-refractivity contribution in [3.05, 3.63) is 34.9 Å². The maximum Gasteiger partial charge on any atom is 0.334 e. The number of carbonyl (C=O) groups excluding carboxylic acids is 1. The lowest BCUT2D eigenvalue weighted by atomic mass is 9.80. The molecule has 1 N–H and O–H groups in total. The molecule has 3 rings (SSSR count). The first-order valence-corrected chi connectivity index (χ1v) is 6.41. The lowest BCUT2D eigenvalue weighted by Gasteiger charge is -2.31. The van der Waals surface area contributed by atoms with E-state index in [0.29, 0.717) is 19.3 Å². The van der Waals surface area contributed by atoms with Crippen molar-refractivity contribution in [2.24, 2.45) is 5.92 Å². The highest BCUT2D eigenvalue weighted by Gasteiger charge is 2.49. The van der Waals surface area contributed by atoms with Crippen LogP contribution in [0, 0.1) is 5.92 Å². The lowest BCUT2D eigenvalue weighted by Crippen LogP contribution is -2.35. The average molecular weight is 246 g/mol. The molecule has 3 aliphatic rings. The molecule has 1 aliphatic heterocycles. The van der Waals surface area contributed by atoms with Gasteiger partial charge in [-0.05, 0) is 37.8 Å². The zero-order valence-electron chi connectivity index (χ0n) is 10.8. The SMILES string of the molecule is C=C1CC2OC(=O)C(C)=C2CC2C(C)=CCC12O. The number of hydrogen-bond acceptors (Lipinski definition) is 3. The summed E-state index contributed by atoms with van der Waals surface area (Å²) >= 11 is 0. The summed E-state index contributed by atoms with van der Waals surface area (Å²) in [6.07, 6.45) is 3.78. The van der Waals surface area contributed by atoms with Crippen molar-refractivity contribution < 1.29 is 14.6 Å². The first-order chi connectivity index (χ1) is 8.43. The summed E-state index contributed by atoms with van der Waals surface area (Å²) in [6, 6.07) is 0. The Kier molecular flexibility index (Phi) is 2.33. The van der Waals surface area contributed by atoms with Crippen LogP contribution >= 0.6 is 0 Å². The van der Waals surface area contributed by atoms with Crippen LogP contribution in [0.2, 0.25) is 0 Å². The van der Waals surface area contributed by atoms with Gasteiger partial charge in [-0.3, -0.25) is 0 Å². The van der Waals surface area contributed by atoms with Crippen molar-refractivity contribution in [1.82, 2.24) is 0 Å². The highest BCUT2D eigenvalue weighted by Crippen LogP contribution is 2.50. The third-order valence-corrected chi connectivity index (χ3v) is 4.76. The van der Waals surface area contributed by atoms with Gasteiger partial charge in [0, 0.05) is 17.9 Å². The Hall–Kier alpha value is -1.35. The smallest absolute Gasteiger partial charge is 0.334 e. The van der Waals surface area contributed by atoms with Crippen LogP contribution in [0.5, 0.6) is 0 Å². The minimum Gasteiger partial charge on any atom is -0.454 e. The minimum atomic E-state index is -0.839. The molecule has 2 aliphatic carbocycles. The number of ether oxygens (including phenoxy) is 1. The molecule has 0 saturated heterocycles. The Morgan fingerprint density at radius 3 is 2.89 bits per heavy atom. The van der Waals surface area contributed by atoms with Crippen LogP contribution in [-0.2, 0) is 9.53 Å². The lowest BCUT2D eigenvalue weighted by molar-refractivity contribution is -0.139. The van der Waals surface area contributed by atoms with Crippen molar-refractivity contribution >= 4 is 5.97 Å². The predicted molar refractivity (Wildman–Crippen MR) is 67.8 cm³/mol. The Balaban J connectivity index is 2.06. The van der Waals surface area contributed by atoms with E-state index in [9.17, 15) is 9.90 Å². The molecule has 3 atom stereocenters. The van der Waals surface area contributed by atoms with Gasteiger partial charge in [-0.15, -0.1) is 0 Å². The maximum absolute atomic E-state index is 11.6. The Bertz CT molecular complexity index is 512. The van der Waals surface area contributed by atoms with Gasteiger partial charge >= 0.3 is 5.97 Å². The van der Waals surface area contributed by atoms with Gasteiger partial charge in [-0.25, -0.2) is 4.79 Å². The monoisotopic (exact) mass is 246 g/mol. The van der Waals surface area contributed by atoms with Crippen LogP contribution in [0.25, 0.3) is 0 Å². The van der Waals surface area contributed by atoms with Crippen molar-refractivity contribution in [3.63, 3.8) is 0 Å². The number of rotatable bonds is 0. The highest BCUT2D eigenvalue weighted by atomic mass is 16.5. The van der Waals surface area contributed by atoms with Gasteiger partial charge in [0.25, 0.3) is 0 Å². The van der Waals surface area contributed by atoms with Gasteiger partial charge in [-0.1, -0.05) is 18.2 Å². The summed E-state index contributed by atoms with van der Waals surface area (Å²) in [7, 11) is 0. The topological polar surface area (TPSA) is 46.5 Å². The molecule has 3 nitrogen and oxygen atoms in total. The van der Waals surface area contributed by atoms with Gasteiger partial charge in [0.2, 0.25) is 0 Å². The van der Waals surface area contributed by atoms with Crippen LogP contribution in [0.15, 0.2) is 34.9 Å². The van der Waals surface area contributed by atoms with Crippen molar-refractivity contribution in [3.8, 4) is 0 Å². The molecule has 1 heterocycles. The Morgan fingerprint density at radius 2 is 2.17 bits per heavy atom. The number of esters is 1. The highest BCUT2D eigenvalue weighted by molar-refractivity contribution is 5.91. The Labute approximate surface area is 107 Å². The van der Waals surface area contributed by atoms with E-state index < -0.39 is 5.60 Å². The second-order valence-electron chi connectivity index (χ2n) is 5.69. The predicted octanol–water partition coefficient (Wildman–Crippen LogP) is 2.28. The van der Waals surface area contributed by atoms with Crippen LogP contribution < -0.4 is 0 Å². The van der Waals surface area contributed by atoms with E-state index in [0.717, 1.165) is 16.7 Å². The number of carbonyl (C=O) groups is 1. The summed E-state index contributed by atoms with van der Waals surface area (Å²) < 4.78 is 5.37. The van der Waals surface area contributed by atoms with Crippen LogP contribution in [0.1, 0.15) is 33.1 Å². The van der Waals surface area contributed by atoms with E-state index in [-0.39, 0.29) is 18.0 Å². The molecule has 0 aromatic rings. The molecule has 0 spiro atoms. The standard InChI is InChI=1S/C15H18O3/c1-8-4-5-15(17)9(2)6-13-11(7-12(8)15)10(3)14(16)18-13/h4,12-13,17H,2,5-7H2,1,3H3. The first-order valence-electron chi connectivity index (χ1n) is 6.41. The number of aliphatic hydroxyl groups is 1. The van der Waals surface area contributed by atoms with E-state index in [4.69, 9.17) is 4.74 Å². The molecule has 0 aromatic carbocycles. The number of hydrogen-bond donors (Lipinski definition) is 1. The van der Waals surface area contributed by atoms with Gasteiger partial charge < -0.3 is 9.84 Å². The minimum absolute atomic E-state index is 0.0504. The fourth-order valence-electron chi connectivity index (χ4n) is 3.43. The van der Waals surface area contributed by atoms with Crippen molar-refractivity contribution in [2.45, 2.75) is 44.8 Å². The summed E-state index contributed by atoms with van der Waals surface area (Å²) in [5.41, 5.74) is 2.92. The Morgan fingerprint density at radius 1 is 1.44 bits per heavy atom. The number of fused-ring (bicyclic) bond motifs is 2. The van der Waals surface area contributed by atoms with E-state index in [1.54, 1.807) is 0 Å². The van der Waals surface area contributed by atoms with Crippen molar-refractivity contribution in [1.29, 1.82) is 0 Å².